The van der Waals surface area contributed by atoms with Crippen LogP contribution < -0.4 is 10.1 Å². The Morgan fingerprint density at radius 2 is 1.76 bits per heavy atom. The first-order valence-corrected chi connectivity index (χ1v) is 8.46. The highest BCUT2D eigenvalue weighted by Gasteiger charge is 2.06. The van der Waals surface area contributed by atoms with Gasteiger partial charge < -0.3 is 10.1 Å². The molecule has 0 aliphatic heterocycles. The third-order valence-electron chi connectivity index (χ3n) is 3.13. The Balaban J connectivity index is 2.08. The Hall–Kier alpha value is -2.01. The molecule has 21 heavy (non-hydrogen) atoms. The number of hydrogen-bond donors (Lipinski definition) is 1. The quantitative estimate of drug-likeness (QED) is 0.922. The highest BCUT2D eigenvalue weighted by Crippen LogP contribution is 2.18. The van der Waals surface area contributed by atoms with E-state index >= 15 is 0 Å². The van der Waals surface area contributed by atoms with Crippen molar-refractivity contribution >= 4 is 15.5 Å². The molecule has 112 valence electrons. The topological polar surface area (TPSA) is 55.4 Å². The molecule has 2 aromatic rings. The fourth-order valence-corrected chi connectivity index (χ4v) is 2.70. The number of anilines is 1. The lowest BCUT2D eigenvalue weighted by Crippen LogP contribution is -2.01. The third-order valence-corrected chi connectivity index (χ3v) is 4.25. The van der Waals surface area contributed by atoms with Gasteiger partial charge in [-0.15, -0.1) is 0 Å². The lowest BCUT2D eigenvalue weighted by Gasteiger charge is -2.10. The maximum atomic E-state index is 11.4. The van der Waals surface area contributed by atoms with E-state index in [2.05, 4.69) is 11.4 Å². The first-order chi connectivity index (χ1) is 9.88. The Morgan fingerprint density at radius 3 is 2.33 bits per heavy atom. The summed E-state index contributed by atoms with van der Waals surface area (Å²) >= 11 is 0. The van der Waals surface area contributed by atoms with Crippen molar-refractivity contribution in [3.63, 3.8) is 0 Å². The van der Waals surface area contributed by atoms with Gasteiger partial charge in [0.05, 0.1) is 12.0 Å². The van der Waals surface area contributed by atoms with E-state index in [4.69, 9.17) is 4.74 Å². The summed E-state index contributed by atoms with van der Waals surface area (Å²) in [5.41, 5.74) is 3.13. The van der Waals surface area contributed by atoms with Crippen LogP contribution in [0.3, 0.4) is 0 Å². The Morgan fingerprint density at radius 1 is 1.10 bits per heavy atom. The lowest BCUT2D eigenvalue weighted by molar-refractivity contribution is 0.414. The molecule has 0 amide bonds. The van der Waals surface area contributed by atoms with E-state index in [0.29, 0.717) is 11.4 Å². The van der Waals surface area contributed by atoms with Gasteiger partial charge >= 0.3 is 0 Å². The van der Waals surface area contributed by atoms with Gasteiger partial charge in [0.25, 0.3) is 0 Å². The van der Waals surface area contributed by atoms with Crippen LogP contribution in [0.4, 0.5) is 5.69 Å². The summed E-state index contributed by atoms with van der Waals surface area (Å²) in [5.74, 6) is 0.833. The van der Waals surface area contributed by atoms with Crippen molar-refractivity contribution in [1.29, 1.82) is 0 Å². The molecule has 2 aromatic carbocycles. The molecule has 0 spiro atoms. The maximum Gasteiger partial charge on any atom is 0.175 e. The second-order valence-electron chi connectivity index (χ2n) is 5.01. The zero-order chi connectivity index (χ0) is 15.5. The first-order valence-electron chi connectivity index (χ1n) is 6.57. The van der Waals surface area contributed by atoms with Crippen LogP contribution in [0, 0.1) is 6.92 Å². The summed E-state index contributed by atoms with van der Waals surface area (Å²) in [4.78, 5) is 0.324. The van der Waals surface area contributed by atoms with E-state index in [1.165, 1.54) is 6.26 Å². The molecule has 4 nitrogen and oxygen atoms in total. The second-order valence-corrected chi connectivity index (χ2v) is 7.02. The predicted octanol–water partition coefficient (Wildman–Crippen LogP) is 3.02. The van der Waals surface area contributed by atoms with E-state index in [1.807, 2.05) is 19.1 Å². The molecule has 0 aliphatic rings. The molecule has 5 heteroatoms. The summed E-state index contributed by atoms with van der Waals surface area (Å²) in [6.45, 7) is 2.67. The van der Waals surface area contributed by atoms with Crippen LogP contribution >= 0.6 is 0 Å². The van der Waals surface area contributed by atoms with Gasteiger partial charge in [-0.3, -0.25) is 0 Å². The van der Waals surface area contributed by atoms with Gasteiger partial charge in [0.15, 0.2) is 9.84 Å². The SMILES string of the molecule is COc1cc(C)cc(CNc2ccc(S(C)(=O)=O)cc2)c1. The second kappa shape index (κ2) is 6.18. The van der Waals surface area contributed by atoms with Crippen LogP contribution in [0.1, 0.15) is 11.1 Å². The molecule has 0 saturated carbocycles. The monoisotopic (exact) mass is 305 g/mol. The number of ether oxygens (including phenoxy) is 1. The first kappa shape index (κ1) is 15.4. The van der Waals surface area contributed by atoms with Gasteiger partial charge in [-0.2, -0.15) is 0 Å². The van der Waals surface area contributed by atoms with Crippen molar-refractivity contribution < 1.29 is 13.2 Å². The minimum atomic E-state index is -3.15. The predicted molar refractivity (Wildman–Crippen MR) is 84.6 cm³/mol. The summed E-state index contributed by atoms with van der Waals surface area (Å²) < 4.78 is 28.0. The van der Waals surface area contributed by atoms with Crippen molar-refractivity contribution in [2.75, 3.05) is 18.7 Å². The zero-order valence-corrected chi connectivity index (χ0v) is 13.2. The number of rotatable bonds is 5. The van der Waals surface area contributed by atoms with Crippen LogP contribution in [0.15, 0.2) is 47.4 Å². The number of benzene rings is 2. The number of sulfone groups is 1. The van der Waals surface area contributed by atoms with Crippen molar-refractivity contribution in [3.05, 3.63) is 53.6 Å². The minimum absolute atomic E-state index is 0.324. The Labute approximate surface area is 125 Å². The molecule has 0 aliphatic carbocycles. The third kappa shape index (κ3) is 4.23. The average Bonchev–Trinajstić information content (AvgIpc) is 2.44. The fraction of sp³-hybridized carbons (Fsp3) is 0.250. The van der Waals surface area contributed by atoms with Gasteiger partial charge in [0, 0.05) is 18.5 Å². The molecule has 0 fully saturated rings. The van der Waals surface area contributed by atoms with Crippen LogP contribution in [-0.2, 0) is 16.4 Å². The number of methoxy groups -OCH3 is 1. The Bertz CT molecular complexity index is 722. The molecule has 0 saturated heterocycles. The highest BCUT2D eigenvalue weighted by molar-refractivity contribution is 7.90. The molecule has 0 heterocycles. The fourth-order valence-electron chi connectivity index (χ4n) is 2.07. The van der Waals surface area contributed by atoms with Crippen LogP contribution in [0.2, 0.25) is 0 Å². The van der Waals surface area contributed by atoms with Crippen LogP contribution in [-0.4, -0.2) is 21.8 Å². The smallest absolute Gasteiger partial charge is 0.175 e. The van der Waals surface area contributed by atoms with E-state index in [9.17, 15) is 8.42 Å². The number of nitrogens with one attached hydrogen (secondary N) is 1. The van der Waals surface area contributed by atoms with Crippen molar-refractivity contribution in [3.8, 4) is 5.75 Å². The van der Waals surface area contributed by atoms with E-state index in [0.717, 1.165) is 22.6 Å². The zero-order valence-electron chi connectivity index (χ0n) is 12.4. The lowest BCUT2D eigenvalue weighted by atomic mass is 10.1. The molecule has 0 aromatic heterocycles. The minimum Gasteiger partial charge on any atom is -0.497 e. The Kier molecular flexibility index (Phi) is 4.53. The molecule has 0 atom stereocenters. The highest BCUT2D eigenvalue weighted by atomic mass is 32.2. The van der Waals surface area contributed by atoms with Crippen molar-refractivity contribution in [2.24, 2.45) is 0 Å². The number of aryl methyl sites for hydroxylation is 1. The largest absolute Gasteiger partial charge is 0.497 e. The van der Waals surface area contributed by atoms with Gasteiger partial charge in [-0.1, -0.05) is 6.07 Å². The van der Waals surface area contributed by atoms with Gasteiger partial charge in [-0.05, 0) is 54.4 Å². The normalized spacial score (nSPS) is 11.2. The van der Waals surface area contributed by atoms with E-state index in [-0.39, 0.29) is 0 Å². The maximum absolute atomic E-state index is 11.4. The molecule has 0 radical (unpaired) electrons. The van der Waals surface area contributed by atoms with Crippen LogP contribution in [0.25, 0.3) is 0 Å². The molecular weight excluding hydrogens is 286 g/mol. The number of hydrogen-bond acceptors (Lipinski definition) is 4. The van der Waals surface area contributed by atoms with Gasteiger partial charge in [0.2, 0.25) is 0 Å². The van der Waals surface area contributed by atoms with Crippen molar-refractivity contribution in [2.45, 2.75) is 18.4 Å². The average molecular weight is 305 g/mol. The summed E-state index contributed by atoms with van der Waals surface area (Å²) in [5, 5.41) is 3.27. The van der Waals surface area contributed by atoms with Crippen LogP contribution in [0.5, 0.6) is 5.75 Å². The summed E-state index contributed by atoms with van der Waals surface area (Å²) in [7, 11) is -1.50. The van der Waals surface area contributed by atoms with Gasteiger partial charge in [-0.25, -0.2) is 8.42 Å². The molecule has 0 bridgehead atoms. The molecule has 2 rings (SSSR count). The molecular formula is C16H19NO3S. The van der Waals surface area contributed by atoms with E-state index < -0.39 is 9.84 Å². The van der Waals surface area contributed by atoms with Gasteiger partial charge in [0.1, 0.15) is 5.75 Å². The molecule has 0 unspecified atom stereocenters. The molecule has 1 N–H and O–H groups in total. The summed E-state index contributed by atoms with van der Waals surface area (Å²) in [6, 6.07) is 12.8. The van der Waals surface area contributed by atoms with E-state index in [1.54, 1.807) is 31.4 Å². The summed E-state index contributed by atoms with van der Waals surface area (Å²) in [6.07, 6.45) is 1.20. The van der Waals surface area contributed by atoms with Crippen molar-refractivity contribution in [1.82, 2.24) is 0 Å². The standard InChI is InChI=1S/C16H19NO3S/c1-12-8-13(10-15(9-12)20-2)11-17-14-4-6-16(7-5-14)21(3,18)19/h4-10,17H,11H2,1-3H3.